The van der Waals surface area contributed by atoms with Gasteiger partial charge in [-0.15, -0.1) is 0 Å². The summed E-state index contributed by atoms with van der Waals surface area (Å²) in [5.74, 6) is 0. The van der Waals surface area contributed by atoms with Crippen molar-refractivity contribution >= 4 is 28.1 Å². The van der Waals surface area contributed by atoms with Crippen LogP contribution in [0.5, 0.6) is 0 Å². The Morgan fingerprint density at radius 3 is 2.47 bits per heavy atom. The van der Waals surface area contributed by atoms with Gasteiger partial charge in [0, 0.05) is 11.6 Å². The highest BCUT2D eigenvalue weighted by Gasteiger charge is 2.20. The molecule has 0 unspecified atom stereocenters. The first kappa shape index (κ1) is 13.4. The van der Waals surface area contributed by atoms with Crippen molar-refractivity contribution in [3.63, 3.8) is 0 Å². The van der Waals surface area contributed by atoms with Crippen molar-refractivity contribution in [3.05, 3.63) is 45.5 Å². The van der Waals surface area contributed by atoms with Gasteiger partial charge in [0.25, 0.3) is 10.9 Å². The van der Waals surface area contributed by atoms with Gasteiger partial charge in [-0.2, -0.15) is 0 Å². The third-order valence-electron chi connectivity index (χ3n) is 2.56. The van der Waals surface area contributed by atoms with Crippen LogP contribution in [0.3, 0.4) is 0 Å². The summed E-state index contributed by atoms with van der Waals surface area (Å²) in [6.07, 6.45) is 0.606. The van der Waals surface area contributed by atoms with Gasteiger partial charge in [0.05, 0.1) is 10.5 Å². The molecule has 1 aromatic carbocycles. The molecule has 0 saturated heterocycles. The second-order valence-electron chi connectivity index (χ2n) is 3.67. The number of halogens is 1. The molecule has 5 heteroatoms. The van der Waals surface area contributed by atoms with E-state index in [4.69, 9.17) is 11.6 Å². The number of nitrogens with zero attached hydrogens (tertiary/aromatic N) is 1. The van der Waals surface area contributed by atoms with Crippen LogP contribution in [0.4, 0.5) is 5.69 Å². The topological polar surface area (TPSA) is 60.2 Å². The zero-order valence-electron chi connectivity index (χ0n) is 9.62. The number of rotatable bonds is 4. The highest BCUT2D eigenvalue weighted by Crippen LogP contribution is 2.30. The number of aryl methyl sites for hydroxylation is 1. The predicted octanol–water partition coefficient (Wildman–Crippen LogP) is 3.71. The maximum atomic E-state index is 11.1. The molecule has 1 rings (SSSR count). The maximum Gasteiger partial charge on any atom is 0.277 e. The van der Waals surface area contributed by atoms with Crippen molar-refractivity contribution < 1.29 is 9.72 Å². The Morgan fingerprint density at radius 2 is 2.06 bits per heavy atom. The van der Waals surface area contributed by atoms with Crippen molar-refractivity contribution in [3.8, 4) is 0 Å². The number of benzene rings is 1. The minimum absolute atomic E-state index is 0.133. The fraction of sp³-hybridized carbons (Fsp3) is 0.250. The lowest BCUT2D eigenvalue weighted by Crippen LogP contribution is -2.01. The van der Waals surface area contributed by atoms with Gasteiger partial charge >= 0.3 is 0 Å². The summed E-state index contributed by atoms with van der Waals surface area (Å²) in [6, 6.07) is 2.79. The number of nitro groups is 1. The Hall–Kier alpha value is -1.68. The van der Waals surface area contributed by atoms with Gasteiger partial charge in [-0.05, 0) is 42.1 Å². The molecule has 17 heavy (non-hydrogen) atoms. The molecule has 4 nitrogen and oxygen atoms in total. The Bertz CT molecular complexity index is 509. The molecule has 0 aliphatic carbocycles. The summed E-state index contributed by atoms with van der Waals surface area (Å²) in [7, 11) is 0. The van der Waals surface area contributed by atoms with Crippen LogP contribution < -0.4 is 0 Å². The fourth-order valence-corrected chi connectivity index (χ4v) is 1.74. The van der Waals surface area contributed by atoms with Crippen LogP contribution in [0.15, 0.2) is 18.7 Å². The summed E-state index contributed by atoms with van der Waals surface area (Å²) in [4.78, 5) is 21.5. The molecule has 90 valence electrons. The molecule has 0 spiro atoms. The highest BCUT2D eigenvalue weighted by molar-refractivity contribution is 6.68. The minimum atomic E-state index is -0.695. The predicted molar refractivity (Wildman–Crippen MR) is 67.3 cm³/mol. The van der Waals surface area contributed by atoms with E-state index in [-0.39, 0.29) is 11.3 Å². The fourth-order valence-electron chi connectivity index (χ4n) is 1.53. The van der Waals surface area contributed by atoms with Crippen LogP contribution >= 0.6 is 11.6 Å². The van der Waals surface area contributed by atoms with E-state index in [9.17, 15) is 14.9 Å². The molecular weight excluding hydrogens is 242 g/mol. The van der Waals surface area contributed by atoms with Gasteiger partial charge in [0.15, 0.2) is 0 Å². The standard InChI is InChI=1S/C12H12ClNO3/c1-4-7(2)9-5-8(3)10(12(13)15)6-11(9)14(16)17/h5-6H,2,4H2,1,3H3. The van der Waals surface area contributed by atoms with Crippen molar-refractivity contribution in [1.82, 2.24) is 0 Å². The molecule has 0 radical (unpaired) electrons. The van der Waals surface area contributed by atoms with Crippen molar-refractivity contribution in [1.29, 1.82) is 0 Å². The molecule has 0 bridgehead atoms. The van der Waals surface area contributed by atoms with E-state index in [1.165, 1.54) is 6.07 Å². The largest absolute Gasteiger partial charge is 0.277 e. The molecule has 0 atom stereocenters. The van der Waals surface area contributed by atoms with Crippen LogP contribution in [-0.2, 0) is 0 Å². The Labute approximate surface area is 104 Å². The summed E-state index contributed by atoms with van der Waals surface area (Å²) in [6.45, 7) is 7.33. The SMILES string of the molecule is C=C(CC)c1cc(C)c(C(=O)Cl)cc1[N+](=O)[O-]. The monoisotopic (exact) mass is 253 g/mol. The van der Waals surface area contributed by atoms with E-state index in [0.29, 0.717) is 23.1 Å². The number of hydrogen-bond donors (Lipinski definition) is 0. The summed E-state index contributed by atoms with van der Waals surface area (Å²) in [5, 5.41) is 10.2. The second-order valence-corrected chi connectivity index (χ2v) is 4.02. The van der Waals surface area contributed by atoms with Crippen LogP contribution in [0.2, 0.25) is 0 Å². The molecule has 1 aromatic rings. The first-order valence-electron chi connectivity index (χ1n) is 5.05. The molecule has 0 aliphatic rings. The molecule has 0 heterocycles. The van der Waals surface area contributed by atoms with Crippen LogP contribution in [0.1, 0.15) is 34.8 Å². The molecule has 0 saturated carbocycles. The van der Waals surface area contributed by atoms with Gasteiger partial charge in [0.2, 0.25) is 0 Å². The third kappa shape index (κ3) is 2.71. The lowest BCUT2D eigenvalue weighted by atomic mass is 9.98. The van der Waals surface area contributed by atoms with Crippen LogP contribution in [0, 0.1) is 17.0 Å². The Morgan fingerprint density at radius 1 is 1.47 bits per heavy atom. The van der Waals surface area contributed by atoms with Crippen molar-refractivity contribution in [2.75, 3.05) is 0 Å². The van der Waals surface area contributed by atoms with Crippen molar-refractivity contribution in [2.24, 2.45) is 0 Å². The molecule has 0 amide bonds. The van der Waals surface area contributed by atoms with Crippen molar-refractivity contribution in [2.45, 2.75) is 20.3 Å². The van der Waals surface area contributed by atoms with Gasteiger partial charge in [-0.3, -0.25) is 14.9 Å². The molecule has 0 fully saturated rings. The molecule has 0 N–H and O–H groups in total. The smallest absolute Gasteiger partial charge is 0.276 e. The van der Waals surface area contributed by atoms with Crippen LogP contribution in [-0.4, -0.2) is 10.2 Å². The molecular formula is C12H12ClNO3. The highest BCUT2D eigenvalue weighted by atomic mass is 35.5. The summed E-state index contributed by atoms with van der Waals surface area (Å²) < 4.78 is 0. The minimum Gasteiger partial charge on any atom is -0.276 e. The average Bonchev–Trinajstić information content (AvgIpc) is 2.26. The lowest BCUT2D eigenvalue weighted by molar-refractivity contribution is -0.385. The quantitative estimate of drug-likeness (QED) is 0.467. The van der Waals surface area contributed by atoms with Gasteiger partial charge in [-0.25, -0.2) is 0 Å². The van der Waals surface area contributed by atoms with Gasteiger partial charge in [0.1, 0.15) is 0 Å². The maximum absolute atomic E-state index is 11.1. The Kier molecular flexibility index (Phi) is 4.02. The normalized spacial score (nSPS) is 10.1. The van der Waals surface area contributed by atoms with Crippen LogP contribution in [0.25, 0.3) is 5.57 Å². The van der Waals surface area contributed by atoms with E-state index in [1.54, 1.807) is 13.0 Å². The molecule has 0 aliphatic heterocycles. The molecule has 0 aromatic heterocycles. The lowest BCUT2D eigenvalue weighted by Gasteiger charge is -2.08. The number of nitro benzene ring substituents is 1. The first-order chi connectivity index (χ1) is 7.88. The number of carbonyl (C=O) groups excluding carboxylic acids is 1. The summed E-state index contributed by atoms with van der Waals surface area (Å²) >= 11 is 5.37. The van der Waals surface area contributed by atoms with Gasteiger partial charge in [-0.1, -0.05) is 13.5 Å². The number of allylic oxidation sites excluding steroid dienone is 1. The average molecular weight is 254 g/mol. The summed E-state index contributed by atoms with van der Waals surface area (Å²) in [5.41, 5.74) is 1.75. The van der Waals surface area contributed by atoms with E-state index in [2.05, 4.69) is 6.58 Å². The van der Waals surface area contributed by atoms with E-state index >= 15 is 0 Å². The van der Waals surface area contributed by atoms with Gasteiger partial charge < -0.3 is 0 Å². The third-order valence-corrected chi connectivity index (χ3v) is 2.76. The zero-order valence-corrected chi connectivity index (χ0v) is 10.4. The van der Waals surface area contributed by atoms with E-state index in [0.717, 1.165) is 0 Å². The Balaban J connectivity index is 3.52. The zero-order chi connectivity index (χ0) is 13.2. The van der Waals surface area contributed by atoms with E-state index < -0.39 is 10.2 Å². The van der Waals surface area contributed by atoms with E-state index in [1.807, 2.05) is 6.92 Å². The first-order valence-corrected chi connectivity index (χ1v) is 5.43. The number of carbonyl (C=O) groups is 1. The number of hydrogen-bond acceptors (Lipinski definition) is 3. The second kappa shape index (κ2) is 5.10.